The van der Waals surface area contributed by atoms with Gasteiger partial charge in [-0.1, -0.05) is 0 Å². The normalized spacial score (nSPS) is 9.67. The molecule has 108 valence electrons. The summed E-state index contributed by atoms with van der Waals surface area (Å²) >= 11 is -11.8. The van der Waals surface area contributed by atoms with Crippen LogP contribution in [0.1, 0.15) is 0 Å². The third-order valence-corrected chi connectivity index (χ3v) is 0. The fraction of sp³-hybridized carbons (Fsp3) is 0. The molecule has 0 spiro atoms. The predicted octanol–water partition coefficient (Wildman–Crippen LogP) is -9.32. The van der Waals surface area contributed by atoms with Gasteiger partial charge in [0, 0.05) is 10.4 Å². The van der Waals surface area contributed by atoms with Crippen molar-refractivity contribution in [1.82, 2.24) is 0 Å². The fourth-order valence-corrected chi connectivity index (χ4v) is 0. The Labute approximate surface area is 167 Å². The van der Waals surface area contributed by atoms with E-state index in [-0.39, 0.29) is 81.9 Å². The van der Waals surface area contributed by atoms with Crippen molar-refractivity contribution >= 4 is 92.3 Å². The SMILES string of the molecule is O=S(=O)([O-])[O-].[O]=[Cr](=[O])([O-])[O-].[O]=[Mo](=[O])([O-])[O-].[PbH2+2].[PbH2+2].[PbH2+2]. The van der Waals surface area contributed by atoms with Crippen molar-refractivity contribution in [1.29, 1.82) is 0 Å². The van der Waals surface area contributed by atoms with Crippen LogP contribution in [0.2, 0.25) is 0 Å². The van der Waals surface area contributed by atoms with Gasteiger partial charge in [-0.05, 0) is 0 Å². The average Bonchev–Trinajstić information content (AvgIpc) is 1.41. The van der Waals surface area contributed by atoms with Gasteiger partial charge < -0.3 is 9.11 Å². The van der Waals surface area contributed by atoms with Crippen LogP contribution in [0.15, 0.2) is 0 Å². The van der Waals surface area contributed by atoms with E-state index in [0.29, 0.717) is 0 Å². The first-order valence-electron chi connectivity index (χ1n) is 2.00. The first-order valence-corrected chi connectivity index (χ1v) is 8.69. The standard InChI is InChI=1S/Cr.Mo.H2O4S.8O.3Pb.6H/c;;1-5(2,3)4;;;;;;;;;;;;;;;;;/h;;(H2,1,2,3,4);;;;;;;;;;;;;;;;;/q;;;;;;;4*-1;3*+2;;;;;;/p-2. The Morgan fingerprint density at radius 2 is 0.833 bits per heavy atom. The van der Waals surface area contributed by atoms with Gasteiger partial charge in [-0.25, -0.2) is 0 Å². The van der Waals surface area contributed by atoms with Crippen molar-refractivity contribution in [2.45, 2.75) is 0 Å². The summed E-state index contributed by atoms with van der Waals surface area (Å²) in [4.78, 5) is 0. The molecule has 0 aliphatic rings. The Kier molecular flexibility index (Phi) is 33.7. The second-order valence-corrected chi connectivity index (χ2v) is 5.32. The first-order chi connectivity index (χ1) is 6.00. The van der Waals surface area contributed by atoms with E-state index in [1.54, 1.807) is 0 Å². The molecule has 0 saturated carbocycles. The van der Waals surface area contributed by atoms with Crippen molar-refractivity contribution in [2.75, 3.05) is 0 Å². The Hall–Kier alpha value is 2.90. The molecule has 0 amide bonds. The van der Waals surface area contributed by atoms with E-state index in [1.165, 1.54) is 0 Å². The van der Waals surface area contributed by atoms with E-state index in [0.717, 1.165) is 0 Å². The molecule has 0 rings (SSSR count). The molecule has 0 aliphatic carbocycles. The molecule has 0 unspecified atom stereocenters. The summed E-state index contributed by atoms with van der Waals surface area (Å²) in [5.41, 5.74) is 0. The third-order valence-electron chi connectivity index (χ3n) is 0. The van der Waals surface area contributed by atoms with Crippen molar-refractivity contribution in [3.8, 4) is 0 Å². The van der Waals surface area contributed by atoms with Crippen LogP contribution in [-0.2, 0) is 55.2 Å². The van der Waals surface area contributed by atoms with Gasteiger partial charge in [0.2, 0.25) is 0 Å². The minimum atomic E-state index is -6.02. The van der Waals surface area contributed by atoms with Gasteiger partial charge in [-0.2, -0.15) is 0 Å². The van der Waals surface area contributed by atoms with Gasteiger partial charge in [0.1, 0.15) is 0 Å². The van der Waals surface area contributed by atoms with Gasteiger partial charge >= 0.3 is 142 Å². The summed E-state index contributed by atoms with van der Waals surface area (Å²) < 4.78 is 103. The van der Waals surface area contributed by atoms with E-state index in [1.807, 2.05) is 0 Å². The van der Waals surface area contributed by atoms with Crippen molar-refractivity contribution in [3.63, 3.8) is 0 Å². The van der Waals surface area contributed by atoms with Gasteiger partial charge in [0.25, 0.3) is 0 Å². The molecule has 0 aromatic heterocycles. The van der Waals surface area contributed by atoms with Gasteiger partial charge in [-0.15, -0.1) is 0 Å². The third kappa shape index (κ3) is 721. The molecule has 18 heteroatoms. The molecule has 0 saturated heterocycles. The van der Waals surface area contributed by atoms with Gasteiger partial charge in [0.05, 0.1) is 0 Å². The molecule has 0 atom stereocenters. The molecule has 0 aromatic carbocycles. The zero-order valence-corrected chi connectivity index (χ0v) is 28.8. The van der Waals surface area contributed by atoms with Crippen molar-refractivity contribution in [2.24, 2.45) is 0 Å². The molecule has 0 heterocycles. The Morgan fingerprint density at radius 3 is 0.833 bits per heavy atom. The van der Waals surface area contributed by atoms with Crippen LogP contribution < -0.4 is 15.8 Å². The number of hydrogen-bond acceptors (Lipinski definition) is 12. The van der Waals surface area contributed by atoms with Crippen LogP contribution in [-0.4, -0.2) is 99.4 Å². The quantitative estimate of drug-likeness (QED) is 0.125. The zero-order chi connectivity index (χ0) is 13.5. The molecule has 0 aromatic rings. The van der Waals surface area contributed by atoms with Crippen LogP contribution in [0.5, 0.6) is 0 Å². The fourth-order valence-electron chi connectivity index (χ4n) is 0. The maximum atomic E-state index is 8.63. The topological polar surface area (TPSA) is 241 Å². The summed E-state index contributed by atoms with van der Waals surface area (Å²) in [5, 5.41) is 0. The summed E-state index contributed by atoms with van der Waals surface area (Å²) in [6.45, 7) is 0. The second kappa shape index (κ2) is 16.3. The molecular formula is H6CrMoO12Pb3S. The summed E-state index contributed by atoms with van der Waals surface area (Å²) in [7, 11) is -5.17. The predicted molar refractivity (Wildman–Crippen MR) is 38.9 cm³/mol. The minimum absolute atomic E-state index is 0. The number of hydrogen-bond donors (Lipinski definition) is 0. The van der Waals surface area contributed by atoms with Crippen LogP contribution in [0.25, 0.3) is 0 Å². The molecule has 18 heavy (non-hydrogen) atoms. The van der Waals surface area contributed by atoms with Crippen LogP contribution >= 0.6 is 0 Å². The molecule has 12 nitrogen and oxygen atoms in total. The number of rotatable bonds is 0. The molecular weight excluding hydrogens is 994 g/mol. The average molecular weight is 1000 g/mol. The van der Waals surface area contributed by atoms with Crippen LogP contribution in [0, 0.1) is 0 Å². The zero-order valence-electron chi connectivity index (χ0n) is 8.25. The van der Waals surface area contributed by atoms with E-state index in [4.69, 9.17) is 47.8 Å². The van der Waals surface area contributed by atoms with Crippen molar-refractivity contribution in [3.05, 3.63) is 0 Å². The van der Waals surface area contributed by atoms with Crippen LogP contribution in [0.4, 0.5) is 0 Å². The van der Waals surface area contributed by atoms with E-state index in [2.05, 4.69) is 0 Å². The Balaban J connectivity index is -0.0000000277. The summed E-state index contributed by atoms with van der Waals surface area (Å²) in [5.74, 6) is 0. The van der Waals surface area contributed by atoms with E-state index in [9.17, 15) is 0 Å². The molecule has 0 bridgehead atoms. The van der Waals surface area contributed by atoms with Crippen molar-refractivity contribution < 1.29 is 78.1 Å². The molecule has 0 radical (unpaired) electrons. The molecule has 0 N–H and O–H groups in total. The Bertz CT molecular complexity index is 348. The van der Waals surface area contributed by atoms with Crippen LogP contribution in [0.3, 0.4) is 0 Å². The summed E-state index contributed by atoms with van der Waals surface area (Å²) in [6.07, 6.45) is 0. The molecule has 0 aliphatic heterocycles. The first kappa shape index (κ1) is 37.3. The van der Waals surface area contributed by atoms with E-state index < -0.39 is 40.8 Å². The molecule has 0 fully saturated rings. The van der Waals surface area contributed by atoms with E-state index >= 15 is 0 Å². The second-order valence-electron chi connectivity index (χ2n) is 1.22. The Morgan fingerprint density at radius 1 is 0.833 bits per heavy atom. The maximum absolute atomic E-state index is 8.63. The van der Waals surface area contributed by atoms with Gasteiger partial charge in [0.15, 0.2) is 0 Å². The van der Waals surface area contributed by atoms with Gasteiger partial charge in [-0.3, -0.25) is 8.42 Å². The monoisotopic (exact) mass is 1000 g/mol. The summed E-state index contributed by atoms with van der Waals surface area (Å²) in [6, 6.07) is 0.